The molecule has 0 radical (unpaired) electrons. The van der Waals surface area contributed by atoms with Gasteiger partial charge in [0.1, 0.15) is 5.82 Å². The van der Waals surface area contributed by atoms with Gasteiger partial charge in [0, 0.05) is 43.2 Å². The van der Waals surface area contributed by atoms with Crippen molar-refractivity contribution in [2.24, 2.45) is 0 Å². The Morgan fingerprint density at radius 2 is 1.61 bits per heavy atom. The number of hydrogen-bond acceptors (Lipinski definition) is 5. The van der Waals surface area contributed by atoms with Crippen molar-refractivity contribution in [3.05, 3.63) is 58.9 Å². The van der Waals surface area contributed by atoms with Gasteiger partial charge in [-0.25, -0.2) is 18.6 Å². The van der Waals surface area contributed by atoms with Crippen LogP contribution in [0.15, 0.2) is 30.3 Å². The van der Waals surface area contributed by atoms with Gasteiger partial charge in [-0.1, -0.05) is 6.07 Å². The van der Waals surface area contributed by atoms with Gasteiger partial charge < -0.3 is 20.6 Å². The summed E-state index contributed by atoms with van der Waals surface area (Å²) >= 11 is 0. The number of amides is 2. The molecule has 3 heterocycles. The quantitative estimate of drug-likeness (QED) is 0.373. The molecule has 8 nitrogen and oxygen atoms in total. The van der Waals surface area contributed by atoms with Gasteiger partial charge in [-0.15, -0.1) is 0 Å². The molecule has 1 aliphatic heterocycles. The largest absolute Gasteiger partial charge is 0.435 e. The van der Waals surface area contributed by atoms with Crippen LogP contribution < -0.4 is 10.6 Å². The fraction of sp³-hybridized carbons (Fsp3) is 0.480. The number of likely N-dealkylation sites (tertiary alicyclic amines) is 1. The molecule has 3 N–H and O–H groups in total. The molecule has 1 aliphatic carbocycles. The number of nitrogens with zero attached hydrogens (tertiary/aromatic N) is 4. The van der Waals surface area contributed by atoms with Crippen molar-refractivity contribution in [3.8, 4) is 0 Å². The number of alkyl halides is 6. The fourth-order valence-electron chi connectivity index (χ4n) is 5.18. The normalized spacial score (nSPS) is 21.0. The van der Waals surface area contributed by atoms with Crippen LogP contribution in [0.5, 0.6) is 0 Å². The van der Waals surface area contributed by atoms with Gasteiger partial charge in [-0.2, -0.15) is 36.0 Å². The highest BCUT2D eigenvalue weighted by atomic mass is 19.4. The Morgan fingerprint density at radius 3 is 2.22 bits per heavy atom. The van der Waals surface area contributed by atoms with Crippen LogP contribution in [0.2, 0.25) is 0 Å². The molecule has 0 unspecified atom stereocenters. The summed E-state index contributed by atoms with van der Waals surface area (Å²) in [5.74, 6) is -2.78. The SMILES string of the molecule is O=C(NC1CCC(O)CC1)N1CC(CNc2cc(C(F)(F)F)nc3cc(C(F)(F)F)nn23)(c2ccc(F)c(F)c2)C1. The van der Waals surface area contributed by atoms with Crippen molar-refractivity contribution in [1.29, 1.82) is 0 Å². The van der Waals surface area contributed by atoms with E-state index in [1.807, 2.05) is 0 Å². The highest BCUT2D eigenvalue weighted by molar-refractivity contribution is 5.76. The van der Waals surface area contributed by atoms with Crippen LogP contribution in [0.1, 0.15) is 42.6 Å². The van der Waals surface area contributed by atoms with Crippen LogP contribution in [-0.4, -0.2) is 62.4 Å². The van der Waals surface area contributed by atoms with Crippen molar-refractivity contribution in [3.63, 3.8) is 0 Å². The number of anilines is 1. The topological polar surface area (TPSA) is 94.8 Å². The van der Waals surface area contributed by atoms with Gasteiger partial charge >= 0.3 is 18.4 Å². The van der Waals surface area contributed by atoms with Crippen LogP contribution in [0.25, 0.3) is 5.65 Å². The van der Waals surface area contributed by atoms with Gasteiger partial charge in [-0.05, 0) is 43.4 Å². The predicted molar refractivity (Wildman–Crippen MR) is 128 cm³/mol. The van der Waals surface area contributed by atoms with Gasteiger partial charge in [0.05, 0.1) is 6.10 Å². The highest BCUT2D eigenvalue weighted by Gasteiger charge is 2.47. The summed E-state index contributed by atoms with van der Waals surface area (Å²) < 4.78 is 109. The summed E-state index contributed by atoms with van der Waals surface area (Å²) in [6.07, 6.45) is -8.18. The van der Waals surface area contributed by atoms with E-state index < -0.39 is 64.4 Å². The minimum atomic E-state index is -4.99. The summed E-state index contributed by atoms with van der Waals surface area (Å²) in [7, 11) is 0. The molecule has 222 valence electrons. The first-order chi connectivity index (χ1) is 19.1. The predicted octanol–water partition coefficient (Wildman–Crippen LogP) is 4.72. The lowest BCUT2D eigenvalue weighted by Crippen LogP contribution is -2.66. The van der Waals surface area contributed by atoms with E-state index in [4.69, 9.17) is 0 Å². The molecule has 0 atom stereocenters. The van der Waals surface area contributed by atoms with Crippen molar-refractivity contribution in [2.75, 3.05) is 25.0 Å². The van der Waals surface area contributed by atoms with Gasteiger partial charge in [0.2, 0.25) is 0 Å². The second-order valence-electron chi connectivity index (χ2n) is 10.4. The number of carbonyl (C=O) groups is 1. The van der Waals surface area contributed by atoms with Gasteiger partial charge in [-0.3, -0.25) is 0 Å². The second kappa shape index (κ2) is 10.3. The summed E-state index contributed by atoms with van der Waals surface area (Å²) in [5.41, 5.74) is -4.53. The Kier molecular flexibility index (Phi) is 7.24. The van der Waals surface area contributed by atoms with E-state index in [0.29, 0.717) is 42.3 Å². The van der Waals surface area contributed by atoms with Crippen molar-refractivity contribution in [1.82, 2.24) is 24.8 Å². The zero-order valence-corrected chi connectivity index (χ0v) is 21.2. The molecule has 2 aliphatic rings. The third kappa shape index (κ3) is 5.87. The van der Waals surface area contributed by atoms with Crippen LogP contribution >= 0.6 is 0 Å². The number of benzene rings is 1. The maximum Gasteiger partial charge on any atom is 0.435 e. The van der Waals surface area contributed by atoms with E-state index in [1.165, 1.54) is 11.0 Å². The fourth-order valence-corrected chi connectivity index (χ4v) is 5.18. The lowest BCUT2D eigenvalue weighted by Gasteiger charge is -2.51. The average molecular weight is 592 g/mol. The zero-order valence-electron chi connectivity index (χ0n) is 21.2. The number of halogens is 8. The third-order valence-corrected chi connectivity index (χ3v) is 7.45. The van der Waals surface area contributed by atoms with Crippen LogP contribution in [0.4, 0.5) is 45.7 Å². The number of aromatic nitrogens is 3. The van der Waals surface area contributed by atoms with Crippen LogP contribution in [0.3, 0.4) is 0 Å². The summed E-state index contributed by atoms with van der Waals surface area (Å²) in [5, 5.41) is 18.6. The first-order valence-electron chi connectivity index (χ1n) is 12.6. The Bertz CT molecular complexity index is 1440. The minimum Gasteiger partial charge on any atom is -0.393 e. The maximum atomic E-state index is 14.2. The number of hydrogen-bond donors (Lipinski definition) is 3. The van der Waals surface area contributed by atoms with E-state index >= 15 is 0 Å². The molecule has 0 spiro atoms. The van der Waals surface area contributed by atoms with E-state index in [0.717, 1.165) is 12.1 Å². The van der Waals surface area contributed by atoms with Crippen molar-refractivity contribution >= 4 is 17.5 Å². The minimum absolute atomic E-state index is 0.0560. The standard InChI is InChI=1S/C25H24F8N6O2/c26-16-6-1-13(7-17(16)27)23(11-38(12-23)22(41)35-14-2-4-15(40)5-3-14)10-34-20-8-18(24(28,29)30)36-21-9-19(25(31,32)33)37-39(20)21/h1,6-9,14-15,34,40H,2-5,10-12H2,(H,35,41). The third-order valence-electron chi connectivity index (χ3n) is 7.45. The number of nitrogens with one attached hydrogen (secondary N) is 2. The smallest absolute Gasteiger partial charge is 0.393 e. The number of rotatable bonds is 5. The Morgan fingerprint density at radius 1 is 0.951 bits per heavy atom. The number of urea groups is 1. The molecule has 5 rings (SSSR count). The number of aliphatic hydroxyl groups excluding tert-OH is 1. The number of fused-ring (bicyclic) bond motifs is 1. The van der Waals surface area contributed by atoms with E-state index in [9.17, 15) is 45.0 Å². The second-order valence-corrected chi connectivity index (χ2v) is 10.4. The number of aliphatic hydroxyl groups is 1. The van der Waals surface area contributed by atoms with Crippen LogP contribution in [0, 0.1) is 11.6 Å². The molecule has 2 amide bonds. The summed E-state index contributed by atoms with van der Waals surface area (Å²) in [6, 6.07) is 3.32. The molecule has 0 bridgehead atoms. The van der Waals surface area contributed by atoms with Gasteiger partial charge in [0.25, 0.3) is 0 Å². The lowest BCUT2D eigenvalue weighted by atomic mass is 9.73. The zero-order chi connectivity index (χ0) is 29.7. The van der Waals surface area contributed by atoms with E-state index in [1.54, 1.807) is 0 Å². The molecule has 16 heteroatoms. The monoisotopic (exact) mass is 592 g/mol. The average Bonchev–Trinajstić information content (AvgIpc) is 3.31. The van der Waals surface area contributed by atoms with Crippen LogP contribution in [-0.2, 0) is 17.8 Å². The molecule has 1 aromatic carbocycles. The van der Waals surface area contributed by atoms with E-state index in [2.05, 4.69) is 20.7 Å². The van der Waals surface area contributed by atoms with Crippen molar-refractivity contribution in [2.45, 2.75) is 55.6 Å². The molecule has 3 aromatic rings. The van der Waals surface area contributed by atoms with Crippen molar-refractivity contribution < 1.29 is 45.0 Å². The first-order valence-corrected chi connectivity index (χ1v) is 12.6. The first kappa shape index (κ1) is 28.8. The highest BCUT2D eigenvalue weighted by Crippen LogP contribution is 2.38. The molecule has 1 saturated carbocycles. The van der Waals surface area contributed by atoms with E-state index in [-0.39, 0.29) is 31.2 Å². The molecule has 2 fully saturated rings. The molecular weight excluding hydrogens is 568 g/mol. The molecular formula is C25H24F8N6O2. The van der Waals surface area contributed by atoms with Gasteiger partial charge in [0.15, 0.2) is 28.7 Å². The maximum absolute atomic E-state index is 14.2. The Hall–Kier alpha value is -3.69. The summed E-state index contributed by atoms with van der Waals surface area (Å²) in [6.45, 7) is -0.381. The Labute approximate surface area is 227 Å². The Balaban J connectivity index is 1.42. The number of carbonyl (C=O) groups excluding carboxylic acids is 1. The molecule has 1 saturated heterocycles. The summed E-state index contributed by atoms with van der Waals surface area (Å²) in [4.78, 5) is 17.5. The molecule has 2 aromatic heterocycles. The lowest BCUT2D eigenvalue weighted by molar-refractivity contribution is -0.142. The molecule has 41 heavy (non-hydrogen) atoms.